The average Bonchev–Trinajstić information content (AvgIpc) is 2.70. The predicted octanol–water partition coefficient (Wildman–Crippen LogP) is 3.82. The normalized spacial score (nSPS) is 11.7. The molecule has 3 aromatic rings. The molecule has 0 saturated carbocycles. The number of hydrogen-bond donors (Lipinski definition) is 1. The van der Waals surface area contributed by atoms with E-state index in [0.29, 0.717) is 23.6 Å². The molecule has 0 saturated heterocycles. The zero-order valence-corrected chi connectivity index (χ0v) is 16.2. The summed E-state index contributed by atoms with van der Waals surface area (Å²) in [6.07, 6.45) is 0.431. The van der Waals surface area contributed by atoms with E-state index in [1.54, 1.807) is 37.4 Å². The minimum absolute atomic E-state index is 0.300. The van der Waals surface area contributed by atoms with Crippen molar-refractivity contribution in [3.8, 4) is 17.0 Å². The number of nitrogens with zero attached hydrogens (tertiary/aromatic N) is 2. The van der Waals surface area contributed by atoms with Crippen molar-refractivity contribution in [1.82, 2.24) is 9.78 Å². The number of amides is 1. The Hall–Kier alpha value is -3.41. The van der Waals surface area contributed by atoms with Crippen LogP contribution in [-0.4, -0.2) is 22.8 Å². The van der Waals surface area contributed by atoms with E-state index in [1.165, 1.54) is 10.7 Å². The molecule has 1 aromatic heterocycles. The van der Waals surface area contributed by atoms with Gasteiger partial charge in [-0.1, -0.05) is 42.8 Å². The van der Waals surface area contributed by atoms with E-state index in [2.05, 4.69) is 10.4 Å². The standard InChI is InChI=1S/C22H23N3O3/c1-4-20(22(27)23-17-6-5-7-18(14-17)28-3)25-21(26)13-12-19(24-25)16-10-8-15(2)9-11-16/h5-14,20H,4H2,1-3H3,(H,23,27)/t20-/m1/s1. The molecule has 144 valence electrons. The van der Waals surface area contributed by atoms with Gasteiger partial charge < -0.3 is 10.1 Å². The van der Waals surface area contributed by atoms with Crippen LogP contribution in [0.15, 0.2) is 65.5 Å². The quantitative estimate of drug-likeness (QED) is 0.709. The molecule has 0 bridgehead atoms. The first-order chi connectivity index (χ1) is 13.5. The summed E-state index contributed by atoms with van der Waals surface area (Å²) in [5.41, 5.74) is 2.96. The number of nitrogens with one attached hydrogen (secondary N) is 1. The fourth-order valence-electron chi connectivity index (χ4n) is 2.92. The van der Waals surface area contributed by atoms with Gasteiger partial charge in [-0.05, 0) is 31.5 Å². The van der Waals surface area contributed by atoms with Crippen LogP contribution in [0.25, 0.3) is 11.3 Å². The molecule has 0 aliphatic heterocycles. The Bertz CT molecular complexity index is 1030. The van der Waals surface area contributed by atoms with Gasteiger partial charge in [0.2, 0.25) is 5.91 Å². The van der Waals surface area contributed by atoms with E-state index in [9.17, 15) is 9.59 Å². The van der Waals surface area contributed by atoms with Crippen LogP contribution in [0, 0.1) is 6.92 Å². The van der Waals surface area contributed by atoms with Crippen molar-refractivity contribution in [2.45, 2.75) is 26.3 Å². The minimum Gasteiger partial charge on any atom is -0.497 e. The highest BCUT2D eigenvalue weighted by Gasteiger charge is 2.21. The second kappa shape index (κ2) is 8.52. The van der Waals surface area contributed by atoms with Crippen LogP contribution in [0.4, 0.5) is 5.69 Å². The maximum absolute atomic E-state index is 12.8. The summed E-state index contributed by atoms with van der Waals surface area (Å²) in [4.78, 5) is 25.3. The molecule has 2 aromatic carbocycles. The van der Waals surface area contributed by atoms with E-state index in [4.69, 9.17) is 4.74 Å². The molecular formula is C22H23N3O3. The minimum atomic E-state index is -0.718. The molecule has 0 aliphatic rings. The number of ether oxygens (including phenoxy) is 1. The Morgan fingerprint density at radius 3 is 2.57 bits per heavy atom. The Balaban J connectivity index is 1.90. The SMILES string of the molecule is CC[C@H](C(=O)Nc1cccc(OC)c1)n1nc(-c2ccc(C)cc2)ccc1=O. The molecule has 6 heteroatoms. The van der Waals surface area contributed by atoms with Crippen molar-refractivity contribution in [2.24, 2.45) is 0 Å². The van der Waals surface area contributed by atoms with Gasteiger partial charge in [-0.25, -0.2) is 4.68 Å². The molecule has 28 heavy (non-hydrogen) atoms. The summed E-state index contributed by atoms with van der Waals surface area (Å²) in [7, 11) is 1.57. The number of aromatic nitrogens is 2. The van der Waals surface area contributed by atoms with Crippen LogP contribution in [0.1, 0.15) is 24.9 Å². The van der Waals surface area contributed by atoms with E-state index in [1.807, 2.05) is 38.1 Å². The first-order valence-corrected chi connectivity index (χ1v) is 9.13. The third-order valence-corrected chi connectivity index (χ3v) is 4.49. The van der Waals surface area contributed by atoms with Crippen molar-refractivity contribution < 1.29 is 9.53 Å². The topological polar surface area (TPSA) is 73.2 Å². The molecule has 1 heterocycles. The largest absolute Gasteiger partial charge is 0.497 e. The number of benzene rings is 2. The van der Waals surface area contributed by atoms with E-state index in [0.717, 1.165) is 11.1 Å². The van der Waals surface area contributed by atoms with Crippen LogP contribution >= 0.6 is 0 Å². The van der Waals surface area contributed by atoms with Gasteiger partial charge in [-0.3, -0.25) is 9.59 Å². The Labute approximate surface area is 163 Å². The molecule has 0 aliphatic carbocycles. The highest BCUT2D eigenvalue weighted by atomic mass is 16.5. The van der Waals surface area contributed by atoms with Crippen LogP contribution in [0.5, 0.6) is 5.75 Å². The summed E-state index contributed by atoms with van der Waals surface area (Å²) in [5.74, 6) is 0.342. The molecule has 1 atom stereocenters. The first-order valence-electron chi connectivity index (χ1n) is 9.13. The fourth-order valence-corrected chi connectivity index (χ4v) is 2.92. The monoisotopic (exact) mass is 377 g/mol. The van der Waals surface area contributed by atoms with Crippen LogP contribution in [0.2, 0.25) is 0 Å². The van der Waals surface area contributed by atoms with Crippen molar-refractivity contribution in [3.05, 3.63) is 76.6 Å². The molecule has 6 nitrogen and oxygen atoms in total. The third-order valence-electron chi connectivity index (χ3n) is 4.49. The van der Waals surface area contributed by atoms with Gasteiger partial charge in [0.15, 0.2) is 0 Å². The van der Waals surface area contributed by atoms with Gasteiger partial charge in [-0.15, -0.1) is 0 Å². The van der Waals surface area contributed by atoms with Crippen molar-refractivity contribution in [2.75, 3.05) is 12.4 Å². The Kier molecular flexibility index (Phi) is 5.89. The second-order valence-electron chi connectivity index (χ2n) is 6.51. The molecular weight excluding hydrogens is 354 g/mol. The maximum atomic E-state index is 12.8. The summed E-state index contributed by atoms with van der Waals surface area (Å²) in [6, 6.07) is 17.4. The van der Waals surface area contributed by atoms with Gasteiger partial charge >= 0.3 is 0 Å². The van der Waals surface area contributed by atoms with E-state index >= 15 is 0 Å². The molecule has 0 radical (unpaired) electrons. The van der Waals surface area contributed by atoms with Crippen LogP contribution < -0.4 is 15.6 Å². The number of aryl methyl sites for hydroxylation is 1. The average molecular weight is 377 g/mol. The van der Waals surface area contributed by atoms with Gasteiger partial charge in [0, 0.05) is 23.4 Å². The third kappa shape index (κ3) is 4.28. The summed E-state index contributed by atoms with van der Waals surface area (Å²) in [5, 5.41) is 7.30. The molecule has 0 spiro atoms. The molecule has 0 unspecified atom stereocenters. The second-order valence-corrected chi connectivity index (χ2v) is 6.51. The lowest BCUT2D eigenvalue weighted by Crippen LogP contribution is -2.34. The number of carbonyl (C=O) groups excluding carboxylic acids is 1. The highest BCUT2D eigenvalue weighted by molar-refractivity contribution is 5.93. The molecule has 3 rings (SSSR count). The molecule has 0 fully saturated rings. The van der Waals surface area contributed by atoms with Gasteiger partial charge in [0.25, 0.3) is 5.56 Å². The molecule has 1 amide bonds. The smallest absolute Gasteiger partial charge is 0.267 e. The van der Waals surface area contributed by atoms with Gasteiger partial charge in [-0.2, -0.15) is 5.10 Å². The van der Waals surface area contributed by atoms with Gasteiger partial charge in [0.05, 0.1) is 12.8 Å². The highest BCUT2D eigenvalue weighted by Crippen LogP contribution is 2.20. The summed E-state index contributed by atoms with van der Waals surface area (Å²) >= 11 is 0. The van der Waals surface area contributed by atoms with E-state index < -0.39 is 6.04 Å². The lowest BCUT2D eigenvalue weighted by atomic mass is 10.1. The Morgan fingerprint density at radius 1 is 1.14 bits per heavy atom. The van der Waals surface area contributed by atoms with Gasteiger partial charge in [0.1, 0.15) is 11.8 Å². The number of hydrogen-bond acceptors (Lipinski definition) is 4. The number of carbonyl (C=O) groups is 1. The molecule has 1 N–H and O–H groups in total. The zero-order chi connectivity index (χ0) is 20.1. The zero-order valence-electron chi connectivity index (χ0n) is 16.2. The number of anilines is 1. The van der Waals surface area contributed by atoms with Crippen molar-refractivity contribution >= 4 is 11.6 Å². The summed E-state index contributed by atoms with van der Waals surface area (Å²) < 4.78 is 6.44. The van der Waals surface area contributed by atoms with E-state index in [-0.39, 0.29) is 11.5 Å². The maximum Gasteiger partial charge on any atom is 0.267 e. The van der Waals surface area contributed by atoms with Crippen molar-refractivity contribution in [1.29, 1.82) is 0 Å². The number of methoxy groups -OCH3 is 1. The summed E-state index contributed by atoms with van der Waals surface area (Å²) in [6.45, 7) is 3.86. The lowest BCUT2D eigenvalue weighted by Gasteiger charge is -2.18. The van der Waals surface area contributed by atoms with Crippen LogP contribution in [-0.2, 0) is 4.79 Å². The van der Waals surface area contributed by atoms with Crippen LogP contribution in [0.3, 0.4) is 0 Å². The fraction of sp³-hybridized carbons (Fsp3) is 0.227. The van der Waals surface area contributed by atoms with Crippen molar-refractivity contribution in [3.63, 3.8) is 0 Å². The predicted molar refractivity (Wildman–Crippen MR) is 110 cm³/mol. The Morgan fingerprint density at radius 2 is 1.89 bits per heavy atom. The lowest BCUT2D eigenvalue weighted by molar-refractivity contribution is -0.119. The first kappa shape index (κ1) is 19.4. The number of rotatable bonds is 6.